The van der Waals surface area contributed by atoms with Crippen LogP contribution in [0.4, 0.5) is 0 Å². The Balaban J connectivity index is 1.40. The minimum atomic E-state index is -0.127. The second kappa shape index (κ2) is 7.47. The summed E-state index contributed by atoms with van der Waals surface area (Å²) in [6, 6.07) is 7.86. The van der Waals surface area contributed by atoms with Crippen LogP contribution in [0.3, 0.4) is 0 Å². The van der Waals surface area contributed by atoms with Crippen LogP contribution >= 0.6 is 23.2 Å². The van der Waals surface area contributed by atoms with Gasteiger partial charge in [-0.3, -0.25) is 9.69 Å². The van der Waals surface area contributed by atoms with Crippen LogP contribution in [0.2, 0.25) is 10.0 Å². The first kappa shape index (κ1) is 17.6. The molecule has 0 bridgehead atoms. The molecule has 4 rings (SSSR count). The van der Waals surface area contributed by atoms with Crippen LogP contribution in [0.25, 0.3) is 0 Å². The van der Waals surface area contributed by atoms with Gasteiger partial charge in [-0.05, 0) is 11.6 Å². The van der Waals surface area contributed by atoms with Gasteiger partial charge in [0, 0.05) is 50.7 Å². The number of fused-ring (bicyclic) bond motifs is 1. The molecule has 0 N–H and O–H groups in total. The molecule has 1 aromatic carbocycles. The molecule has 0 atom stereocenters. The molecule has 1 aromatic heterocycles. The first-order valence-electron chi connectivity index (χ1n) is 8.77. The molecule has 1 amide bonds. The summed E-state index contributed by atoms with van der Waals surface area (Å²) < 4.78 is 7.23. The van der Waals surface area contributed by atoms with E-state index in [0.717, 1.165) is 43.2 Å². The summed E-state index contributed by atoms with van der Waals surface area (Å²) in [5.41, 5.74) is 1.40. The van der Waals surface area contributed by atoms with Gasteiger partial charge < -0.3 is 9.64 Å². The Morgan fingerprint density at radius 3 is 2.62 bits per heavy atom. The van der Waals surface area contributed by atoms with Gasteiger partial charge >= 0.3 is 0 Å². The van der Waals surface area contributed by atoms with Gasteiger partial charge in [0.1, 0.15) is 5.02 Å². The maximum Gasteiger partial charge on any atom is 0.276 e. The second-order valence-electron chi connectivity index (χ2n) is 6.55. The van der Waals surface area contributed by atoms with Crippen LogP contribution in [-0.2, 0) is 13.1 Å². The molecular formula is C18H20Cl2N4O2. The first-order chi connectivity index (χ1) is 12.6. The van der Waals surface area contributed by atoms with Crippen molar-refractivity contribution < 1.29 is 9.53 Å². The van der Waals surface area contributed by atoms with Crippen LogP contribution in [0.5, 0.6) is 5.88 Å². The lowest BCUT2D eigenvalue weighted by molar-refractivity contribution is 0.0622. The van der Waals surface area contributed by atoms with E-state index in [4.69, 9.17) is 27.9 Å². The molecule has 2 aliphatic heterocycles. The van der Waals surface area contributed by atoms with Crippen molar-refractivity contribution in [2.45, 2.75) is 19.5 Å². The Morgan fingerprint density at radius 1 is 1.12 bits per heavy atom. The highest BCUT2D eigenvalue weighted by Gasteiger charge is 2.30. The van der Waals surface area contributed by atoms with E-state index in [1.807, 2.05) is 29.2 Å². The molecule has 0 aliphatic carbocycles. The normalized spacial score (nSPS) is 17.7. The fraction of sp³-hybridized carbons (Fsp3) is 0.444. The summed E-state index contributed by atoms with van der Waals surface area (Å²) in [5.74, 6) is 0.386. The lowest BCUT2D eigenvalue weighted by Gasteiger charge is -2.34. The number of nitrogens with zero attached hydrogens (tertiary/aromatic N) is 4. The van der Waals surface area contributed by atoms with Crippen LogP contribution in [-0.4, -0.2) is 58.3 Å². The third-order valence-electron chi connectivity index (χ3n) is 4.82. The third kappa shape index (κ3) is 3.41. The maximum atomic E-state index is 12.8. The Kier molecular flexibility index (Phi) is 5.07. The minimum Gasteiger partial charge on any atom is -0.477 e. The number of amides is 1. The first-order valence-corrected chi connectivity index (χ1v) is 9.53. The highest BCUT2D eigenvalue weighted by Crippen LogP contribution is 2.31. The SMILES string of the molecule is O=C(c1nn2c(c1Cl)OCCC2)N1CCN(Cc2ccccc2Cl)CC1. The van der Waals surface area contributed by atoms with Crippen molar-refractivity contribution >= 4 is 29.1 Å². The number of ether oxygens (including phenoxy) is 1. The van der Waals surface area contributed by atoms with Crippen molar-refractivity contribution in [1.82, 2.24) is 19.6 Å². The van der Waals surface area contributed by atoms with Crippen LogP contribution in [0.1, 0.15) is 22.5 Å². The number of piperazine rings is 1. The number of aryl methyl sites for hydroxylation is 1. The zero-order valence-corrected chi connectivity index (χ0v) is 15.8. The van der Waals surface area contributed by atoms with E-state index < -0.39 is 0 Å². The van der Waals surface area contributed by atoms with E-state index >= 15 is 0 Å². The maximum absolute atomic E-state index is 12.8. The van der Waals surface area contributed by atoms with Crippen molar-refractivity contribution in [3.63, 3.8) is 0 Å². The summed E-state index contributed by atoms with van der Waals surface area (Å²) in [4.78, 5) is 16.9. The van der Waals surface area contributed by atoms with Gasteiger partial charge in [0.25, 0.3) is 5.91 Å². The van der Waals surface area contributed by atoms with E-state index in [2.05, 4.69) is 10.00 Å². The Morgan fingerprint density at radius 2 is 1.88 bits per heavy atom. The summed E-state index contributed by atoms with van der Waals surface area (Å²) >= 11 is 12.6. The summed E-state index contributed by atoms with van der Waals surface area (Å²) in [7, 11) is 0. The average molecular weight is 395 g/mol. The van der Waals surface area contributed by atoms with Crippen molar-refractivity contribution in [3.05, 3.63) is 45.6 Å². The molecular weight excluding hydrogens is 375 g/mol. The molecule has 6 nitrogen and oxygen atoms in total. The molecule has 0 saturated carbocycles. The second-order valence-corrected chi connectivity index (χ2v) is 7.34. The highest BCUT2D eigenvalue weighted by atomic mass is 35.5. The Hall–Kier alpha value is -1.76. The van der Waals surface area contributed by atoms with Crippen LogP contribution in [0.15, 0.2) is 24.3 Å². The van der Waals surface area contributed by atoms with Crippen LogP contribution < -0.4 is 4.74 Å². The lowest BCUT2D eigenvalue weighted by Crippen LogP contribution is -2.48. The average Bonchev–Trinajstić information content (AvgIpc) is 3.01. The van der Waals surface area contributed by atoms with Gasteiger partial charge in [0.05, 0.1) is 6.61 Å². The van der Waals surface area contributed by atoms with E-state index in [1.165, 1.54) is 0 Å². The molecule has 1 saturated heterocycles. The molecule has 1 fully saturated rings. The van der Waals surface area contributed by atoms with Gasteiger partial charge in [0.15, 0.2) is 5.69 Å². The zero-order valence-electron chi connectivity index (χ0n) is 14.3. The topological polar surface area (TPSA) is 50.6 Å². The van der Waals surface area contributed by atoms with Crippen molar-refractivity contribution in [2.75, 3.05) is 32.8 Å². The molecule has 2 aliphatic rings. The molecule has 138 valence electrons. The Labute approximate surface area is 162 Å². The van der Waals surface area contributed by atoms with E-state index in [-0.39, 0.29) is 5.91 Å². The summed E-state index contributed by atoms with van der Waals surface area (Å²) in [6.07, 6.45) is 0.874. The summed E-state index contributed by atoms with van der Waals surface area (Å²) in [6.45, 7) is 4.99. The van der Waals surface area contributed by atoms with Crippen molar-refractivity contribution in [2.24, 2.45) is 0 Å². The zero-order chi connectivity index (χ0) is 18.1. The van der Waals surface area contributed by atoms with E-state index in [9.17, 15) is 4.79 Å². The fourth-order valence-electron chi connectivity index (χ4n) is 3.36. The number of carbonyl (C=O) groups excluding carboxylic acids is 1. The van der Waals surface area contributed by atoms with Gasteiger partial charge in [-0.2, -0.15) is 5.10 Å². The largest absolute Gasteiger partial charge is 0.477 e. The number of halogens is 2. The molecule has 26 heavy (non-hydrogen) atoms. The van der Waals surface area contributed by atoms with Gasteiger partial charge in [-0.25, -0.2) is 4.68 Å². The monoisotopic (exact) mass is 394 g/mol. The van der Waals surface area contributed by atoms with Gasteiger partial charge in [0.2, 0.25) is 5.88 Å². The fourth-order valence-corrected chi connectivity index (χ4v) is 3.83. The third-order valence-corrected chi connectivity index (χ3v) is 5.53. The molecule has 2 aromatic rings. The van der Waals surface area contributed by atoms with Gasteiger partial charge in [-0.15, -0.1) is 0 Å². The molecule has 0 unspecified atom stereocenters. The minimum absolute atomic E-state index is 0.127. The van der Waals surface area contributed by atoms with E-state index in [1.54, 1.807) is 4.68 Å². The lowest BCUT2D eigenvalue weighted by atomic mass is 10.2. The predicted molar refractivity (Wildman–Crippen MR) is 100.0 cm³/mol. The highest BCUT2D eigenvalue weighted by molar-refractivity contribution is 6.34. The van der Waals surface area contributed by atoms with E-state index in [0.29, 0.717) is 36.3 Å². The van der Waals surface area contributed by atoms with Crippen molar-refractivity contribution in [1.29, 1.82) is 0 Å². The molecule has 0 spiro atoms. The quantitative estimate of drug-likeness (QED) is 0.802. The number of benzene rings is 1. The molecule has 8 heteroatoms. The van der Waals surface area contributed by atoms with Crippen molar-refractivity contribution in [3.8, 4) is 5.88 Å². The van der Waals surface area contributed by atoms with Gasteiger partial charge in [-0.1, -0.05) is 41.4 Å². The molecule has 0 radical (unpaired) electrons. The number of rotatable bonds is 3. The number of aromatic nitrogens is 2. The molecule has 3 heterocycles. The predicted octanol–water partition coefficient (Wildman–Crippen LogP) is 2.93. The standard InChI is InChI=1S/C18H20Cl2N4O2/c19-14-5-2-1-4-13(14)12-22-7-9-23(10-8-22)17(25)16-15(20)18-24(21-16)6-3-11-26-18/h1-2,4-5H,3,6-12H2. The number of hydrogen-bond acceptors (Lipinski definition) is 4. The van der Waals surface area contributed by atoms with Crippen LogP contribution in [0, 0.1) is 0 Å². The smallest absolute Gasteiger partial charge is 0.276 e. The number of hydrogen-bond donors (Lipinski definition) is 0. The Bertz CT molecular complexity index is 816. The number of carbonyl (C=O) groups is 1. The summed E-state index contributed by atoms with van der Waals surface area (Å²) in [5, 5.41) is 5.47.